The Morgan fingerprint density at radius 3 is 2.64 bits per heavy atom. The summed E-state index contributed by atoms with van der Waals surface area (Å²) in [5.41, 5.74) is 0.00901. The summed E-state index contributed by atoms with van der Waals surface area (Å²) in [5, 5.41) is 8.19. The topological polar surface area (TPSA) is 133 Å². The van der Waals surface area contributed by atoms with E-state index in [0.29, 0.717) is 18.5 Å². The average molecular weight is 556 g/mol. The van der Waals surface area contributed by atoms with Crippen molar-refractivity contribution in [3.05, 3.63) is 59.4 Å². The van der Waals surface area contributed by atoms with E-state index in [-0.39, 0.29) is 48.9 Å². The van der Waals surface area contributed by atoms with Gasteiger partial charge in [-0.05, 0) is 56.5 Å². The van der Waals surface area contributed by atoms with Crippen LogP contribution in [0.15, 0.2) is 47.4 Å². The molecule has 0 unspecified atom stereocenters. The highest BCUT2D eigenvalue weighted by molar-refractivity contribution is 7.89. The monoisotopic (exact) mass is 555 g/mol. The first-order valence-electron chi connectivity index (χ1n) is 13.2. The van der Waals surface area contributed by atoms with Gasteiger partial charge in [0.25, 0.3) is 11.8 Å². The summed E-state index contributed by atoms with van der Waals surface area (Å²) in [7, 11) is -4.15. The Labute approximate surface area is 226 Å². The van der Waals surface area contributed by atoms with Gasteiger partial charge in [-0.25, -0.2) is 17.9 Å². The third-order valence-electron chi connectivity index (χ3n) is 8.62. The number of sulfonamides is 1. The molecule has 6 rings (SSSR count). The Hall–Kier alpha value is -3.35. The number of carbonyl (C=O) groups is 3. The summed E-state index contributed by atoms with van der Waals surface area (Å²) in [6, 6.07) is 10.5. The lowest BCUT2D eigenvalue weighted by molar-refractivity contribution is -0.139. The van der Waals surface area contributed by atoms with E-state index < -0.39 is 38.8 Å². The van der Waals surface area contributed by atoms with Gasteiger partial charge >= 0.3 is 0 Å². The standard InChI is InChI=1S/C27H30FN5O5S/c28-22-9-8-18(39(29,37)38)16-19(22)25(35)31-11-4-10-30-24(34)21-15-17-5-3-12-33(17)27(21)20-6-1-2-7-23(20)32(14-13-31)26(27)36/h1-2,6-9,16-17,21H,3-5,10-15H2,(H,30,34)(H2,29,37,38)/t17-,21-,27+/m0/s1. The Morgan fingerprint density at radius 1 is 1.05 bits per heavy atom. The molecule has 39 heavy (non-hydrogen) atoms. The molecule has 3 N–H and O–H groups in total. The van der Waals surface area contributed by atoms with Gasteiger partial charge in [-0.15, -0.1) is 0 Å². The quantitative estimate of drug-likeness (QED) is 0.572. The maximum absolute atomic E-state index is 14.7. The molecule has 3 fully saturated rings. The molecule has 3 amide bonds. The van der Waals surface area contributed by atoms with E-state index in [9.17, 15) is 27.2 Å². The van der Waals surface area contributed by atoms with Gasteiger partial charge < -0.3 is 15.1 Å². The fourth-order valence-corrected chi connectivity index (χ4v) is 7.48. The zero-order valence-corrected chi connectivity index (χ0v) is 22.1. The fourth-order valence-electron chi connectivity index (χ4n) is 6.94. The van der Waals surface area contributed by atoms with E-state index in [1.165, 1.54) is 4.90 Å². The number of nitrogens with two attached hydrogens (primary N) is 1. The van der Waals surface area contributed by atoms with Crippen LogP contribution < -0.4 is 15.4 Å². The van der Waals surface area contributed by atoms with Crippen LogP contribution in [0.2, 0.25) is 0 Å². The fraction of sp³-hybridized carbons (Fsp3) is 0.444. The first-order chi connectivity index (χ1) is 18.6. The summed E-state index contributed by atoms with van der Waals surface area (Å²) < 4.78 is 38.4. The number of carbonyl (C=O) groups excluding carboxylic acids is 3. The average Bonchev–Trinajstić information content (AvgIpc) is 3.55. The minimum Gasteiger partial charge on any atom is -0.356 e. The number of amides is 3. The number of primary sulfonamides is 1. The predicted octanol–water partition coefficient (Wildman–Crippen LogP) is 1.16. The van der Waals surface area contributed by atoms with Crippen LogP contribution in [0.3, 0.4) is 0 Å². The smallest absolute Gasteiger partial charge is 0.256 e. The Bertz CT molecular complexity index is 1480. The molecule has 0 saturated carbocycles. The molecular formula is C27H30FN5O5S. The number of halogens is 1. The summed E-state index contributed by atoms with van der Waals surface area (Å²) in [6.45, 7) is 1.42. The van der Waals surface area contributed by atoms with Crippen LogP contribution in [-0.2, 0) is 25.2 Å². The van der Waals surface area contributed by atoms with Crippen molar-refractivity contribution in [3.63, 3.8) is 0 Å². The Morgan fingerprint density at radius 2 is 1.85 bits per heavy atom. The minimum atomic E-state index is -4.15. The summed E-state index contributed by atoms with van der Waals surface area (Å²) in [5.74, 6) is -2.46. The van der Waals surface area contributed by atoms with Gasteiger partial charge in [0.2, 0.25) is 15.9 Å². The van der Waals surface area contributed by atoms with Gasteiger partial charge in [-0.1, -0.05) is 18.2 Å². The lowest BCUT2D eigenvalue weighted by Gasteiger charge is -2.38. The highest BCUT2D eigenvalue weighted by Crippen LogP contribution is 2.57. The highest BCUT2D eigenvalue weighted by Gasteiger charge is 2.67. The highest BCUT2D eigenvalue weighted by atomic mass is 32.2. The summed E-state index contributed by atoms with van der Waals surface area (Å²) in [6.07, 6.45) is 2.92. The normalized spacial score (nSPS) is 27.3. The molecule has 3 saturated heterocycles. The van der Waals surface area contributed by atoms with Gasteiger partial charge in [0.1, 0.15) is 11.4 Å². The van der Waals surface area contributed by atoms with E-state index >= 15 is 0 Å². The number of para-hydroxylation sites is 1. The SMILES string of the molecule is NS(=O)(=O)c1ccc(F)c(C(=O)N2CCCNC(=O)[C@@H]3C[C@@H]4CCCN4[C@@]34C(=O)N(CC2)c2ccccc24)c1. The van der Waals surface area contributed by atoms with Crippen molar-refractivity contribution >= 4 is 33.4 Å². The zero-order valence-electron chi connectivity index (χ0n) is 21.3. The van der Waals surface area contributed by atoms with Crippen molar-refractivity contribution in [1.82, 2.24) is 15.1 Å². The first kappa shape index (κ1) is 25.9. The molecule has 0 aromatic heterocycles. The molecule has 3 atom stereocenters. The third kappa shape index (κ3) is 3.95. The number of nitrogens with one attached hydrogen (secondary N) is 1. The van der Waals surface area contributed by atoms with E-state index in [2.05, 4.69) is 10.2 Å². The minimum absolute atomic E-state index is 0.0933. The van der Waals surface area contributed by atoms with Crippen LogP contribution in [0.4, 0.5) is 10.1 Å². The second-order valence-corrected chi connectivity index (χ2v) is 12.2. The first-order valence-corrected chi connectivity index (χ1v) is 14.8. The molecular weight excluding hydrogens is 525 g/mol. The molecule has 12 heteroatoms. The third-order valence-corrected chi connectivity index (χ3v) is 9.53. The number of hydrogen-bond donors (Lipinski definition) is 2. The number of fused-ring (bicyclic) bond motifs is 4. The maximum Gasteiger partial charge on any atom is 0.256 e. The van der Waals surface area contributed by atoms with Crippen LogP contribution in [0, 0.1) is 11.7 Å². The van der Waals surface area contributed by atoms with Crippen molar-refractivity contribution < 1.29 is 27.2 Å². The van der Waals surface area contributed by atoms with Crippen molar-refractivity contribution in [2.24, 2.45) is 11.1 Å². The molecule has 2 aromatic carbocycles. The van der Waals surface area contributed by atoms with Crippen LogP contribution in [-0.4, -0.2) is 74.7 Å². The molecule has 1 spiro atoms. The van der Waals surface area contributed by atoms with E-state index in [1.54, 1.807) is 4.90 Å². The van der Waals surface area contributed by atoms with Crippen LogP contribution in [0.5, 0.6) is 0 Å². The van der Waals surface area contributed by atoms with E-state index in [0.717, 1.165) is 43.1 Å². The lowest BCUT2D eigenvalue weighted by atomic mass is 9.78. The Kier molecular flexibility index (Phi) is 6.23. The van der Waals surface area contributed by atoms with Crippen molar-refractivity contribution in [2.45, 2.75) is 42.2 Å². The number of rotatable bonds is 2. The number of anilines is 1. The number of benzene rings is 2. The molecule has 0 aliphatic carbocycles. The predicted molar refractivity (Wildman–Crippen MR) is 140 cm³/mol. The molecule has 4 aliphatic rings. The van der Waals surface area contributed by atoms with Crippen LogP contribution in [0.25, 0.3) is 0 Å². The molecule has 2 bridgehead atoms. The van der Waals surface area contributed by atoms with Crippen LogP contribution in [0.1, 0.15) is 41.6 Å². The summed E-state index contributed by atoms with van der Waals surface area (Å²) in [4.78, 5) is 46.4. The molecule has 4 heterocycles. The molecule has 206 valence electrons. The second-order valence-electron chi connectivity index (χ2n) is 10.6. The largest absolute Gasteiger partial charge is 0.356 e. The van der Waals surface area contributed by atoms with Gasteiger partial charge in [-0.3, -0.25) is 19.3 Å². The Balaban J connectivity index is 1.38. The molecule has 0 radical (unpaired) electrons. The number of hydrogen-bond acceptors (Lipinski definition) is 6. The van der Waals surface area contributed by atoms with E-state index in [4.69, 9.17) is 5.14 Å². The van der Waals surface area contributed by atoms with Crippen LogP contribution >= 0.6 is 0 Å². The molecule has 10 nitrogen and oxygen atoms in total. The van der Waals surface area contributed by atoms with Gasteiger partial charge in [0, 0.05) is 43.5 Å². The van der Waals surface area contributed by atoms with E-state index in [1.807, 2.05) is 24.3 Å². The number of nitrogens with zero attached hydrogens (tertiary/aromatic N) is 3. The zero-order chi connectivity index (χ0) is 27.5. The molecule has 2 aromatic rings. The van der Waals surface area contributed by atoms with Gasteiger partial charge in [0.15, 0.2) is 0 Å². The maximum atomic E-state index is 14.7. The summed E-state index contributed by atoms with van der Waals surface area (Å²) >= 11 is 0. The van der Waals surface area contributed by atoms with Crippen molar-refractivity contribution in [3.8, 4) is 0 Å². The van der Waals surface area contributed by atoms with Gasteiger partial charge in [-0.2, -0.15) is 0 Å². The van der Waals surface area contributed by atoms with Crippen molar-refractivity contribution in [1.29, 1.82) is 0 Å². The van der Waals surface area contributed by atoms with Gasteiger partial charge in [0.05, 0.1) is 16.4 Å². The second kappa shape index (κ2) is 9.39. The lowest BCUT2D eigenvalue weighted by Crippen LogP contribution is -2.57. The van der Waals surface area contributed by atoms with Crippen molar-refractivity contribution in [2.75, 3.05) is 37.6 Å². The molecule has 4 aliphatic heterocycles.